The van der Waals surface area contributed by atoms with E-state index in [1.165, 1.54) is 45.1 Å². The van der Waals surface area contributed by atoms with Crippen LogP contribution in [0.1, 0.15) is 59.3 Å². The fraction of sp³-hybridized carbons (Fsp3) is 1.00. The predicted octanol–water partition coefficient (Wildman–Crippen LogP) is 3.61. The van der Waals surface area contributed by atoms with Crippen LogP contribution in [0.2, 0.25) is 0 Å². The molecule has 2 fully saturated rings. The van der Waals surface area contributed by atoms with E-state index in [1.807, 2.05) is 0 Å². The third-order valence-corrected chi connectivity index (χ3v) is 4.89. The van der Waals surface area contributed by atoms with E-state index in [0.717, 1.165) is 24.4 Å². The molecule has 0 radical (unpaired) electrons. The quantitative estimate of drug-likeness (QED) is 0.826. The number of hydrogen-bond donors (Lipinski definition) is 1. The molecule has 1 saturated carbocycles. The summed E-state index contributed by atoms with van der Waals surface area (Å²) in [5, 5.41) is 3.59. The maximum absolute atomic E-state index is 6.30. The highest BCUT2D eigenvalue weighted by atomic mass is 16.5. The van der Waals surface area contributed by atoms with Crippen molar-refractivity contribution < 1.29 is 4.74 Å². The Morgan fingerprint density at radius 3 is 2.67 bits per heavy atom. The summed E-state index contributed by atoms with van der Waals surface area (Å²) in [5.74, 6) is 2.40. The largest absolute Gasteiger partial charge is 0.376 e. The van der Waals surface area contributed by atoms with E-state index in [0.29, 0.717) is 12.1 Å². The normalized spacial score (nSPS) is 38.0. The molecule has 4 unspecified atom stereocenters. The van der Waals surface area contributed by atoms with Crippen molar-refractivity contribution in [2.24, 2.45) is 17.8 Å². The second-order valence-corrected chi connectivity index (χ2v) is 6.84. The van der Waals surface area contributed by atoms with Gasteiger partial charge in [-0.2, -0.15) is 0 Å². The Hall–Kier alpha value is -0.0800. The molecule has 0 amide bonds. The third kappa shape index (κ3) is 3.96. The summed E-state index contributed by atoms with van der Waals surface area (Å²) in [6.07, 6.45) is 8.55. The lowest BCUT2D eigenvalue weighted by molar-refractivity contribution is -0.0477. The lowest BCUT2D eigenvalue weighted by atomic mass is 9.75. The predicted molar refractivity (Wildman–Crippen MR) is 76.7 cm³/mol. The highest BCUT2D eigenvalue weighted by Gasteiger charge is 2.31. The van der Waals surface area contributed by atoms with Crippen molar-refractivity contribution in [1.82, 2.24) is 5.32 Å². The molecule has 0 aromatic carbocycles. The number of nitrogens with one attached hydrogen (secondary N) is 1. The molecule has 18 heavy (non-hydrogen) atoms. The van der Waals surface area contributed by atoms with Gasteiger partial charge in [-0.25, -0.2) is 0 Å². The van der Waals surface area contributed by atoms with Crippen molar-refractivity contribution in [2.45, 2.75) is 71.4 Å². The number of ether oxygens (including phenoxy) is 1. The summed E-state index contributed by atoms with van der Waals surface area (Å²) in [5.41, 5.74) is 0. The first-order valence-corrected chi connectivity index (χ1v) is 8.01. The van der Waals surface area contributed by atoms with Crippen LogP contribution in [-0.2, 0) is 4.74 Å². The number of piperidine rings is 1. The summed E-state index contributed by atoms with van der Waals surface area (Å²) in [6.45, 7) is 9.21. The summed E-state index contributed by atoms with van der Waals surface area (Å²) < 4.78 is 6.30. The summed E-state index contributed by atoms with van der Waals surface area (Å²) in [7, 11) is 0. The topological polar surface area (TPSA) is 21.3 Å². The molecular weight excluding hydrogens is 222 g/mol. The molecular formula is C16H31NO. The first kappa shape index (κ1) is 14.3. The highest BCUT2D eigenvalue weighted by molar-refractivity contribution is 4.82. The Morgan fingerprint density at radius 2 is 2.00 bits per heavy atom. The third-order valence-electron chi connectivity index (χ3n) is 4.89. The van der Waals surface area contributed by atoms with Gasteiger partial charge in [-0.1, -0.05) is 33.6 Å². The van der Waals surface area contributed by atoms with Crippen molar-refractivity contribution in [3.05, 3.63) is 0 Å². The summed E-state index contributed by atoms with van der Waals surface area (Å²) in [4.78, 5) is 0. The molecule has 1 heterocycles. The molecule has 2 nitrogen and oxygen atoms in total. The van der Waals surface area contributed by atoms with Crippen LogP contribution >= 0.6 is 0 Å². The summed E-state index contributed by atoms with van der Waals surface area (Å²) in [6, 6.07) is 0.615. The van der Waals surface area contributed by atoms with E-state index >= 15 is 0 Å². The molecule has 4 atom stereocenters. The monoisotopic (exact) mass is 253 g/mol. The van der Waals surface area contributed by atoms with Gasteiger partial charge in [-0.15, -0.1) is 0 Å². The average Bonchev–Trinajstić information content (AvgIpc) is 2.37. The minimum Gasteiger partial charge on any atom is -0.376 e. The lowest BCUT2D eigenvalue weighted by Crippen LogP contribution is -2.41. The molecule has 106 valence electrons. The Morgan fingerprint density at radius 1 is 1.17 bits per heavy atom. The van der Waals surface area contributed by atoms with E-state index < -0.39 is 0 Å². The highest BCUT2D eigenvalue weighted by Crippen LogP contribution is 2.35. The standard InChI is InChI=1S/C16H31NO/c1-12(2)15-8-7-13(3)10-16(15)18-11-14-6-4-5-9-17-14/h12-17H,4-11H2,1-3H3. The van der Waals surface area contributed by atoms with E-state index in [2.05, 4.69) is 26.1 Å². The van der Waals surface area contributed by atoms with Crippen LogP contribution in [-0.4, -0.2) is 25.3 Å². The Labute approximate surface area is 113 Å². The van der Waals surface area contributed by atoms with Crippen LogP contribution in [0.4, 0.5) is 0 Å². The van der Waals surface area contributed by atoms with Gasteiger partial charge in [0.15, 0.2) is 0 Å². The van der Waals surface area contributed by atoms with Crippen molar-refractivity contribution >= 4 is 0 Å². The molecule has 2 heteroatoms. The molecule has 0 aromatic heterocycles. The molecule has 1 saturated heterocycles. The second kappa shape index (κ2) is 6.91. The average molecular weight is 253 g/mol. The van der Waals surface area contributed by atoms with Crippen LogP contribution in [0, 0.1) is 17.8 Å². The SMILES string of the molecule is CC1CCC(C(C)C)C(OCC2CCCCN2)C1. The maximum Gasteiger partial charge on any atom is 0.0623 e. The molecule has 0 aromatic rings. The zero-order valence-electron chi connectivity index (χ0n) is 12.5. The fourth-order valence-corrected chi connectivity index (χ4v) is 3.61. The molecule has 1 aliphatic heterocycles. The van der Waals surface area contributed by atoms with Crippen molar-refractivity contribution in [2.75, 3.05) is 13.2 Å². The second-order valence-electron chi connectivity index (χ2n) is 6.84. The fourth-order valence-electron chi connectivity index (χ4n) is 3.61. The van der Waals surface area contributed by atoms with Crippen molar-refractivity contribution in [1.29, 1.82) is 0 Å². The Balaban J connectivity index is 1.80. The van der Waals surface area contributed by atoms with E-state index in [4.69, 9.17) is 4.74 Å². The maximum atomic E-state index is 6.30. The lowest BCUT2D eigenvalue weighted by Gasteiger charge is -2.38. The minimum atomic E-state index is 0.512. The van der Waals surface area contributed by atoms with Gasteiger partial charge in [0.05, 0.1) is 12.7 Å². The minimum absolute atomic E-state index is 0.512. The first-order chi connectivity index (χ1) is 8.66. The van der Waals surface area contributed by atoms with Gasteiger partial charge < -0.3 is 10.1 Å². The zero-order valence-corrected chi connectivity index (χ0v) is 12.5. The van der Waals surface area contributed by atoms with Crippen molar-refractivity contribution in [3.63, 3.8) is 0 Å². The molecule has 1 N–H and O–H groups in total. The summed E-state index contributed by atoms with van der Waals surface area (Å²) >= 11 is 0. The van der Waals surface area contributed by atoms with Crippen molar-refractivity contribution in [3.8, 4) is 0 Å². The van der Waals surface area contributed by atoms with E-state index in [-0.39, 0.29) is 0 Å². The van der Waals surface area contributed by atoms with Gasteiger partial charge in [0.25, 0.3) is 0 Å². The zero-order chi connectivity index (χ0) is 13.0. The van der Waals surface area contributed by atoms with Gasteiger partial charge in [0.1, 0.15) is 0 Å². The van der Waals surface area contributed by atoms with Gasteiger partial charge >= 0.3 is 0 Å². The van der Waals surface area contributed by atoms with Crippen LogP contribution < -0.4 is 5.32 Å². The smallest absolute Gasteiger partial charge is 0.0623 e. The van der Waals surface area contributed by atoms with E-state index in [9.17, 15) is 0 Å². The van der Waals surface area contributed by atoms with Gasteiger partial charge in [0.2, 0.25) is 0 Å². The molecule has 2 rings (SSSR count). The Bertz CT molecular complexity index is 235. The van der Waals surface area contributed by atoms with Crippen LogP contribution in [0.15, 0.2) is 0 Å². The van der Waals surface area contributed by atoms with Gasteiger partial charge in [0, 0.05) is 6.04 Å². The number of rotatable bonds is 4. The molecule has 0 bridgehead atoms. The van der Waals surface area contributed by atoms with Gasteiger partial charge in [-0.3, -0.25) is 0 Å². The van der Waals surface area contributed by atoms with Crippen LogP contribution in [0.25, 0.3) is 0 Å². The number of hydrogen-bond acceptors (Lipinski definition) is 2. The molecule has 0 spiro atoms. The van der Waals surface area contributed by atoms with Crippen LogP contribution in [0.5, 0.6) is 0 Å². The van der Waals surface area contributed by atoms with E-state index in [1.54, 1.807) is 0 Å². The Kier molecular flexibility index (Phi) is 5.50. The first-order valence-electron chi connectivity index (χ1n) is 8.01. The van der Waals surface area contributed by atoms with Crippen LogP contribution in [0.3, 0.4) is 0 Å². The molecule has 2 aliphatic rings. The molecule has 1 aliphatic carbocycles. The van der Waals surface area contributed by atoms with Gasteiger partial charge in [-0.05, 0) is 50.0 Å².